The number of benzene rings is 1. The molecule has 0 spiro atoms. The number of thiazole rings is 1. The van der Waals surface area contributed by atoms with E-state index in [-0.39, 0.29) is 0 Å². The lowest BCUT2D eigenvalue weighted by molar-refractivity contribution is 0.256. The van der Waals surface area contributed by atoms with Gasteiger partial charge in [-0.2, -0.15) is 5.26 Å². The minimum Gasteiger partial charge on any atom is -0.352 e. The molecule has 0 aliphatic carbocycles. The second-order valence-electron chi connectivity index (χ2n) is 3.05. The van der Waals surface area contributed by atoms with Gasteiger partial charge in [0.15, 0.2) is 0 Å². The summed E-state index contributed by atoms with van der Waals surface area (Å²) in [6.45, 7) is 0. The van der Waals surface area contributed by atoms with E-state index < -0.39 is 16.0 Å². The molecule has 96 valence electrons. The summed E-state index contributed by atoms with van der Waals surface area (Å²) in [5.41, 5.74) is 9.54. The molecule has 0 bridgehead atoms. The van der Waals surface area contributed by atoms with E-state index in [1.165, 1.54) is 15.5 Å². The summed E-state index contributed by atoms with van der Waals surface area (Å²) in [4.78, 5) is 13.5. The number of aromatic nitrogens is 1. The van der Waals surface area contributed by atoms with Gasteiger partial charge < -0.3 is 11.5 Å². The quantitative estimate of drug-likeness (QED) is 0.450. The summed E-state index contributed by atoms with van der Waals surface area (Å²) < 4.78 is 2.29. The second kappa shape index (κ2) is 7.10. The monoisotopic (exact) mass is 300 g/mol. The average Bonchev–Trinajstić information content (AvgIpc) is 2.72. The van der Waals surface area contributed by atoms with E-state index in [0.717, 1.165) is 9.86 Å². The number of thiocyanates is 1. The van der Waals surface area contributed by atoms with Crippen molar-refractivity contribution in [2.75, 3.05) is 6.26 Å². The zero-order chi connectivity index (χ0) is 13.5. The molecule has 0 fully saturated rings. The van der Waals surface area contributed by atoms with Crippen molar-refractivity contribution >= 4 is 48.3 Å². The lowest BCUT2D eigenvalue weighted by Crippen LogP contribution is -2.18. The average molecular weight is 300 g/mol. The minimum absolute atomic E-state index is 0.460. The van der Waals surface area contributed by atoms with Crippen LogP contribution in [0.2, 0.25) is 0 Å². The summed E-state index contributed by atoms with van der Waals surface area (Å²) >= 11 is 1.69. The van der Waals surface area contributed by atoms with E-state index in [1.807, 2.05) is 18.2 Å². The number of thiol groups is 1. The summed E-state index contributed by atoms with van der Waals surface area (Å²) in [5.74, 6) is 0. The van der Waals surface area contributed by atoms with Gasteiger partial charge in [0.1, 0.15) is 9.74 Å². The Morgan fingerprint density at radius 2 is 2.11 bits per heavy atom. The Morgan fingerprint density at radius 1 is 1.50 bits per heavy atom. The molecule has 8 heteroatoms. The smallest absolute Gasteiger partial charge is 0.309 e. The first kappa shape index (κ1) is 14.6. The molecule has 2 aromatic rings. The molecule has 5 nitrogen and oxygen atoms in total. The maximum Gasteiger partial charge on any atom is 0.309 e. The number of nitrogens with zero attached hydrogens (tertiary/aromatic N) is 2. The van der Waals surface area contributed by atoms with Crippen LogP contribution in [0.5, 0.6) is 0 Å². The molecule has 1 heterocycles. The van der Waals surface area contributed by atoms with E-state index in [1.54, 1.807) is 11.3 Å². The lowest BCUT2D eigenvalue weighted by atomic mass is 10.3. The SMILES string of the molecule is C[SH](SC#N)c1nc2ccccc2s1.NC(N)=O. The zero-order valence-corrected chi connectivity index (χ0v) is 12.1. The van der Waals surface area contributed by atoms with Gasteiger partial charge in [-0.1, -0.05) is 12.1 Å². The van der Waals surface area contributed by atoms with Gasteiger partial charge in [0, 0.05) is 10.8 Å². The van der Waals surface area contributed by atoms with Gasteiger partial charge in [-0.3, -0.25) is 0 Å². The van der Waals surface area contributed by atoms with Crippen LogP contribution in [0.4, 0.5) is 4.79 Å². The largest absolute Gasteiger partial charge is 0.352 e. The fourth-order valence-electron chi connectivity index (χ4n) is 1.10. The molecule has 0 aliphatic heterocycles. The highest BCUT2D eigenvalue weighted by Gasteiger charge is 2.07. The highest BCUT2D eigenvalue weighted by molar-refractivity contribution is 8.86. The van der Waals surface area contributed by atoms with Gasteiger partial charge in [0.05, 0.1) is 10.2 Å². The van der Waals surface area contributed by atoms with Crippen LogP contribution in [0.15, 0.2) is 28.6 Å². The van der Waals surface area contributed by atoms with Crippen molar-refractivity contribution in [1.29, 1.82) is 5.26 Å². The van der Waals surface area contributed by atoms with Gasteiger partial charge in [0.2, 0.25) is 0 Å². The van der Waals surface area contributed by atoms with E-state index >= 15 is 0 Å². The lowest BCUT2D eigenvalue weighted by Gasteiger charge is -2.03. The molecule has 1 unspecified atom stereocenters. The number of nitriles is 1. The van der Waals surface area contributed by atoms with Crippen LogP contribution >= 0.6 is 32.1 Å². The van der Waals surface area contributed by atoms with E-state index in [0.29, 0.717) is 0 Å². The molecule has 1 atom stereocenters. The Bertz CT molecular complexity index is 541. The first-order valence-electron chi connectivity index (χ1n) is 4.75. The van der Waals surface area contributed by atoms with Crippen molar-refractivity contribution in [3.63, 3.8) is 0 Å². The zero-order valence-electron chi connectivity index (χ0n) is 9.53. The molecular weight excluding hydrogens is 288 g/mol. The van der Waals surface area contributed by atoms with Crippen LogP contribution in [-0.4, -0.2) is 17.3 Å². The molecule has 1 aromatic carbocycles. The molecule has 18 heavy (non-hydrogen) atoms. The molecule has 0 saturated heterocycles. The van der Waals surface area contributed by atoms with Crippen LogP contribution < -0.4 is 11.5 Å². The first-order valence-corrected chi connectivity index (χ1v) is 8.77. The topological polar surface area (TPSA) is 106 Å². The van der Waals surface area contributed by atoms with Crippen LogP contribution in [-0.2, 0) is 0 Å². The third-order valence-corrected chi connectivity index (χ3v) is 6.59. The molecule has 2 amide bonds. The van der Waals surface area contributed by atoms with Crippen molar-refractivity contribution in [2.45, 2.75) is 4.34 Å². The van der Waals surface area contributed by atoms with Crippen molar-refractivity contribution in [2.24, 2.45) is 11.5 Å². The Kier molecular flexibility index (Phi) is 5.77. The number of rotatable bonds is 2. The summed E-state index contributed by atoms with van der Waals surface area (Å²) in [6, 6.07) is 7.24. The number of urea groups is 1. The first-order chi connectivity index (χ1) is 8.54. The van der Waals surface area contributed by atoms with Crippen molar-refractivity contribution in [3.8, 4) is 5.40 Å². The Balaban J connectivity index is 0.000000357. The van der Waals surface area contributed by atoms with Crippen LogP contribution in [0.1, 0.15) is 0 Å². The number of carbonyl (C=O) groups excluding carboxylic acids is 1. The third kappa shape index (κ3) is 4.44. The fraction of sp³-hybridized carbons (Fsp3) is 0.100. The van der Waals surface area contributed by atoms with Crippen molar-refractivity contribution < 1.29 is 4.79 Å². The van der Waals surface area contributed by atoms with Crippen LogP contribution in [0, 0.1) is 10.7 Å². The van der Waals surface area contributed by atoms with Gasteiger partial charge >= 0.3 is 6.03 Å². The summed E-state index contributed by atoms with van der Waals surface area (Å²) in [6.07, 6.45) is 2.07. The fourth-order valence-corrected chi connectivity index (χ4v) is 4.45. The van der Waals surface area contributed by atoms with Crippen molar-refractivity contribution in [1.82, 2.24) is 4.98 Å². The standard InChI is InChI=1S/C9H8N2S3.CH4N2O/c1-14(12-6-10)9-11-7-4-2-3-5-8(7)13-9;2-1(3)4/h2-5,14H,1H3;(H4,2,3,4). The van der Waals surface area contributed by atoms with Crippen molar-refractivity contribution in [3.05, 3.63) is 24.3 Å². The molecule has 0 radical (unpaired) electrons. The highest BCUT2D eigenvalue weighted by Crippen LogP contribution is 2.47. The Labute approximate surface area is 115 Å². The summed E-state index contributed by atoms with van der Waals surface area (Å²) in [7, 11) is 0.858. The molecule has 0 saturated carbocycles. The molecule has 1 aromatic heterocycles. The normalized spacial score (nSPS) is 12.1. The molecular formula is C10H12N4OS3. The number of hydrogen-bond donors (Lipinski definition) is 3. The van der Waals surface area contributed by atoms with Crippen LogP contribution in [0.3, 0.4) is 0 Å². The maximum absolute atomic E-state index is 9.00. The molecule has 2 rings (SSSR count). The molecule has 4 N–H and O–H groups in total. The number of fused-ring (bicyclic) bond motifs is 1. The number of nitrogens with two attached hydrogens (primary N) is 2. The second-order valence-corrected chi connectivity index (χ2v) is 8.35. The Hall–Kier alpha value is -1.43. The summed E-state index contributed by atoms with van der Waals surface area (Å²) in [5, 5.41) is 10.7. The maximum atomic E-state index is 9.00. The minimum atomic E-state index is -0.833. The van der Waals surface area contributed by atoms with E-state index in [9.17, 15) is 0 Å². The molecule has 0 aliphatic rings. The van der Waals surface area contributed by atoms with Gasteiger partial charge in [-0.25, -0.2) is 9.78 Å². The predicted molar refractivity (Wildman–Crippen MR) is 79.8 cm³/mol. The third-order valence-electron chi connectivity index (χ3n) is 1.73. The number of carbonyl (C=O) groups is 1. The Morgan fingerprint density at radius 3 is 2.67 bits per heavy atom. The van der Waals surface area contributed by atoms with Crippen LogP contribution in [0.25, 0.3) is 10.2 Å². The number of amides is 2. The number of hydrogen-bond acceptors (Lipinski definition) is 5. The highest BCUT2D eigenvalue weighted by atomic mass is 33.1. The van der Waals surface area contributed by atoms with E-state index in [2.05, 4.69) is 34.2 Å². The van der Waals surface area contributed by atoms with E-state index in [4.69, 9.17) is 10.1 Å². The number of primary amides is 2. The predicted octanol–water partition coefficient (Wildman–Crippen LogP) is 2.44. The van der Waals surface area contributed by atoms with Gasteiger partial charge in [0.25, 0.3) is 0 Å². The number of para-hydroxylation sites is 1. The van der Waals surface area contributed by atoms with Gasteiger partial charge in [-0.05, 0) is 18.4 Å². The van der Waals surface area contributed by atoms with Gasteiger partial charge in [-0.15, -0.1) is 21.3 Å².